The lowest BCUT2D eigenvalue weighted by molar-refractivity contribution is 0.191. The van der Waals surface area contributed by atoms with Crippen LogP contribution in [0.1, 0.15) is 19.8 Å². The molecule has 1 aliphatic heterocycles. The molecule has 10 heavy (non-hydrogen) atoms. The minimum atomic E-state index is -0.0553. The summed E-state index contributed by atoms with van der Waals surface area (Å²) in [6.07, 6.45) is 2.37. The molecular formula is C7H13NO2. The molecule has 0 amide bonds. The quantitative estimate of drug-likeness (QED) is 0.627. The van der Waals surface area contributed by atoms with Crippen molar-refractivity contribution in [1.82, 2.24) is 0 Å². The zero-order chi connectivity index (χ0) is 7.40. The molecule has 0 spiro atoms. The number of aliphatic imine (C=N–C) groups is 1. The van der Waals surface area contributed by atoms with Crippen molar-refractivity contribution < 1.29 is 9.84 Å². The van der Waals surface area contributed by atoms with Gasteiger partial charge < -0.3 is 9.84 Å². The van der Waals surface area contributed by atoms with E-state index in [0.29, 0.717) is 5.90 Å². The van der Waals surface area contributed by atoms with Crippen LogP contribution in [0.4, 0.5) is 0 Å². The topological polar surface area (TPSA) is 41.8 Å². The van der Waals surface area contributed by atoms with Crippen molar-refractivity contribution in [2.45, 2.75) is 25.9 Å². The van der Waals surface area contributed by atoms with Crippen molar-refractivity contribution in [3.63, 3.8) is 0 Å². The highest BCUT2D eigenvalue weighted by molar-refractivity contribution is 5.78. The molecule has 1 unspecified atom stereocenters. The van der Waals surface area contributed by atoms with Gasteiger partial charge in [-0.1, -0.05) is 13.3 Å². The Morgan fingerprint density at radius 2 is 2.60 bits per heavy atom. The van der Waals surface area contributed by atoms with Crippen LogP contribution in [0.15, 0.2) is 4.99 Å². The Bertz CT molecular complexity index is 134. The molecule has 1 N–H and O–H groups in total. The highest BCUT2D eigenvalue weighted by Crippen LogP contribution is 2.09. The van der Waals surface area contributed by atoms with E-state index in [-0.39, 0.29) is 12.7 Å². The summed E-state index contributed by atoms with van der Waals surface area (Å²) in [6, 6.07) is 0. The van der Waals surface area contributed by atoms with Gasteiger partial charge >= 0.3 is 0 Å². The summed E-state index contributed by atoms with van der Waals surface area (Å²) in [5.74, 6) is 0.499. The Hall–Kier alpha value is -0.570. The fourth-order valence-electron chi connectivity index (χ4n) is 1.03. The van der Waals surface area contributed by atoms with Crippen molar-refractivity contribution in [2.24, 2.45) is 4.99 Å². The first kappa shape index (κ1) is 7.54. The molecule has 0 aliphatic carbocycles. The molecule has 0 saturated heterocycles. The second-order valence-electron chi connectivity index (χ2n) is 2.42. The van der Waals surface area contributed by atoms with E-state index in [1.54, 1.807) is 0 Å². The Morgan fingerprint density at radius 1 is 1.80 bits per heavy atom. The van der Waals surface area contributed by atoms with Crippen LogP contribution in [-0.2, 0) is 4.74 Å². The summed E-state index contributed by atoms with van der Waals surface area (Å²) in [4.78, 5) is 4.00. The summed E-state index contributed by atoms with van der Waals surface area (Å²) in [6.45, 7) is 2.78. The van der Waals surface area contributed by atoms with Gasteiger partial charge in [0.15, 0.2) is 0 Å². The van der Waals surface area contributed by atoms with Crippen molar-refractivity contribution in [3.8, 4) is 0 Å². The van der Waals surface area contributed by atoms with Crippen LogP contribution in [-0.4, -0.2) is 30.3 Å². The lowest BCUT2D eigenvalue weighted by Gasteiger charge is -2.07. The standard InChI is InChI=1S/C7H13NO2/c1-2-3-6-4-8-7(5-9)10-6/h6,9H,2-5H2,1H3. The number of rotatable bonds is 3. The predicted octanol–water partition coefficient (Wildman–Crippen LogP) is 0.576. The molecule has 3 heteroatoms. The highest BCUT2D eigenvalue weighted by atomic mass is 16.5. The summed E-state index contributed by atoms with van der Waals surface area (Å²) in [5, 5.41) is 8.60. The van der Waals surface area contributed by atoms with Crippen LogP contribution in [0.2, 0.25) is 0 Å². The second kappa shape index (κ2) is 3.56. The fourth-order valence-corrected chi connectivity index (χ4v) is 1.03. The molecule has 1 rings (SSSR count). The third-order valence-corrected chi connectivity index (χ3v) is 1.52. The van der Waals surface area contributed by atoms with Crippen molar-refractivity contribution in [3.05, 3.63) is 0 Å². The van der Waals surface area contributed by atoms with Gasteiger partial charge in [-0.25, -0.2) is 4.99 Å². The second-order valence-corrected chi connectivity index (χ2v) is 2.42. The monoisotopic (exact) mass is 143 g/mol. The Labute approximate surface area is 60.7 Å². The third-order valence-electron chi connectivity index (χ3n) is 1.52. The van der Waals surface area contributed by atoms with Crippen molar-refractivity contribution in [1.29, 1.82) is 0 Å². The predicted molar refractivity (Wildman–Crippen MR) is 39.2 cm³/mol. The average Bonchev–Trinajstić information content (AvgIpc) is 2.37. The lowest BCUT2D eigenvalue weighted by atomic mass is 10.2. The average molecular weight is 143 g/mol. The van der Waals surface area contributed by atoms with Gasteiger partial charge in [0, 0.05) is 0 Å². The molecule has 3 nitrogen and oxygen atoms in total. The van der Waals surface area contributed by atoms with Gasteiger partial charge in [0.1, 0.15) is 12.7 Å². The van der Waals surface area contributed by atoms with E-state index in [1.165, 1.54) is 0 Å². The van der Waals surface area contributed by atoms with Gasteiger partial charge in [-0.05, 0) is 6.42 Å². The molecule has 0 fully saturated rings. The number of nitrogens with zero attached hydrogens (tertiary/aromatic N) is 1. The summed E-state index contributed by atoms with van der Waals surface area (Å²) in [7, 11) is 0. The van der Waals surface area contributed by atoms with E-state index >= 15 is 0 Å². The minimum absolute atomic E-state index is 0.0553. The van der Waals surface area contributed by atoms with E-state index in [0.717, 1.165) is 19.4 Å². The first-order valence-electron chi connectivity index (χ1n) is 3.67. The summed E-state index contributed by atoms with van der Waals surface area (Å²) >= 11 is 0. The summed E-state index contributed by atoms with van der Waals surface area (Å²) in [5.41, 5.74) is 0. The third kappa shape index (κ3) is 1.70. The molecule has 0 aromatic carbocycles. The number of ether oxygens (including phenoxy) is 1. The normalized spacial score (nSPS) is 24.2. The van der Waals surface area contributed by atoms with Gasteiger partial charge in [0.2, 0.25) is 5.90 Å². The van der Waals surface area contributed by atoms with E-state index in [2.05, 4.69) is 11.9 Å². The molecule has 0 bridgehead atoms. The molecule has 0 radical (unpaired) electrons. The first-order valence-corrected chi connectivity index (χ1v) is 3.67. The number of aliphatic hydroxyl groups excluding tert-OH is 1. The van der Waals surface area contributed by atoms with Crippen LogP contribution in [0.25, 0.3) is 0 Å². The molecule has 1 heterocycles. The Kier molecular flexibility index (Phi) is 2.68. The van der Waals surface area contributed by atoms with Crippen LogP contribution in [0, 0.1) is 0 Å². The Morgan fingerprint density at radius 3 is 3.10 bits per heavy atom. The SMILES string of the molecule is CCCC1CN=C(CO)O1. The van der Waals surface area contributed by atoms with Crippen LogP contribution >= 0.6 is 0 Å². The lowest BCUT2D eigenvalue weighted by Crippen LogP contribution is -2.14. The van der Waals surface area contributed by atoms with Crippen LogP contribution in [0.3, 0.4) is 0 Å². The number of aliphatic hydroxyl groups is 1. The number of hydrogen-bond donors (Lipinski definition) is 1. The zero-order valence-electron chi connectivity index (χ0n) is 6.21. The Balaban J connectivity index is 2.22. The maximum absolute atomic E-state index is 8.60. The van der Waals surface area contributed by atoms with Crippen LogP contribution < -0.4 is 0 Å². The van der Waals surface area contributed by atoms with E-state index < -0.39 is 0 Å². The molecule has 58 valence electrons. The van der Waals surface area contributed by atoms with Gasteiger partial charge in [0.05, 0.1) is 6.54 Å². The largest absolute Gasteiger partial charge is 0.474 e. The fraction of sp³-hybridized carbons (Fsp3) is 0.857. The van der Waals surface area contributed by atoms with Gasteiger partial charge in [-0.3, -0.25) is 0 Å². The first-order chi connectivity index (χ1) is 4.86. The van der Waals surface area contributed by atoms with Gasteiger partial charge in [-0.2, -0.15) is 0 Å². The highest BCUT2D eigenvalue weighted by Gasteiger charge is 2.17. The summed E-state index contributed by atoms with van der Waals surface area (Å²) < 4.78 is 5.25. The van der Waals surface area contributed by atoms with E-state index in [1.807, 2.05) is 0 Å². The number of hydrogen-bond acceptors (Lipinski definition) is 3. The maximum atomic E-state index is 8.60. The molecule has 0 aromatic heterocycles. The minimum Gasteiger partial charge on any atom is -0.474 e. The molecule has 0 saturated carbocycles. The van der Waals surface area contributed by atoms with Crippen LogP contribution in [0.5, 0.6) is 0 Å². The molecular weight excluding hydrogens is 130 g/mol. The van der Waals surface area contributed by atoms with Crippen molar-refractivity contribution >= 4 is 5.90 Å². The van der Waals surface area contributed by atoms with E-state index in [4.69, 9.17) is 9.84 Å². The van der Waals surface area contributed by atoms with Gasteiger partial charge in [-0.15, -0.1) is 0 Å². The zero-order valence-corrected chi connectivity index (χ0v) is 6.21. The maximum Gasteiger partial charge on any atom is 0.210 e. The van der Waals surface area contributed by atoms with Crippen molar-refractivity contribution in [2.75, 3.05) is 13.2 Å². The smallest absolute Gasteiger partial charge is 0.210 e. The van der Waals surface area contributed by atoms with E-state index in [9.17, 15) is 0 Å². The molecule has 1 atom stereocenters. The molecule has 1 aliphatic rings. The molecule has 0 aromatic rings. The van der Waals surface area contributed by atoms with Gasteiger partial charge in [0.25, 0.3) is 0 Å².